The monoisotopic (exact) mass is 402 g/mol. The Balaban J connectivity index is 1.65. The van der Waals surface area contributed by atoms with Crippen molar-refractivity contribution >= 4 is 5.91 Å². The molecule has 0 aliphatic carbocycles. The first kappa shape index (κ1) is 22.1. The minimum absolute atomic E-state index is 0.0288. The van der Waals surface area contributed by atoms with E-state index in [1.165, 1.54) is 5.56 Å². The Labute approximate surface area is 176 Å². The Morgan fingerprint density at radius 3 is 2.38 bits per heavy atom. The summed E-state index contributed by atoms with van der Waals surface area (Å²) in [6, 6.07) is 9.25. The van der Waals surface area contributed by atoms with Crippen LogP contribution in [0, 0.1) is 0 Å². The Bertz CT molecular complexity index is 645. The molecular formula is C24H38N2O3. The summed E-state index contributed by atoms with van der Waals surface area (Å²) in [5.41, 5.74) is 1.26. The molecule has 5 nitrogen and oxygen atoms in total. The summed E-state index contributed by atoms with van der Waals surface area (Å²) in [4.78, 5) is 16.6. The lowest BCUT2D eigenvalue weighted by Gasteiger charge is -2.40. The van der Waals surface area contributed by atoms with Crippen molar-refractivity contribution in [3.05, 3.63) is 29.8 Å². The third-order valence-electron chi connectivity index (χ3n) is 6.69. The number of ether oxygens (including phenoxy) is 2. The van der Waals surface area contributed by atoms with Gasteiger partial charge in [-0.2, -0.15) is 0 Å². The highest BCUT2D eigenvalue weighted by Crippen LogP contribution is 2.36. The third-order valence-corrected chi connectivity index (χ3v) is 6.69. The molecule has 0 N–H and O–H groups in total. The van der Waals surface area contributed by atoms with Crippen molar-refractivity contribution in [1.82, 2.24) is 9.80 Å². The van der Waals surface area contributed by atoms with Crippen molar-refractivity contribution < 1.29 is 14.3 Å². The van der Waals surface area contributed by atoms with E-state index in [2.05, 4.69) is 43.0 Å². The van der Waals surface area contributed by atoms with Crippen molar-refractivity contribution in [2.75, 3.05) is 39.9 Å². The van der Waals surface area contributed by atoms with Crippen LogP contribution >= 0.6 is 0 Å². The van der Waals surface area contributed by atoms with Gasteiger partial charge in [0.15, 0.2) is 0 Å². The zero-order valence-corrected chi connectivity index (χ0v) is 18.7. The maximum atomic E-state index is 12.2. The fraction of sp³-hybridized carbons (Fsp3) is 0.708. The molecule has 0 aromatic heterocycles. The first-order valence-electron chi connectivity index (χ1n) is 11.3. The lowest BCUT2D eigenvalue weighted by molar-refractivity contribution is -0.131. The number of hydrogen-bond donors (Lipinski definition) is 0. The van der Waals surface area contributed by atoms with E-state index >= 15 is 0 Å². The molecule has 162 valence electrons. The van der Waals surface area contributed by atoms with Crippen LogP contribution in [0.25, 0.3) is 0 Å². The van der Waals surface area contributed by atoms with Gasteiger partial charge in [0.2, 0.25) is 5.91 Å². The van der Waals surface area contributed by atoms with Gasteiger partial charge in [-0.15, -0.1) is 0 Å². The number of rotatable bonds is 7. The number of carbonyl (C=O) groups is 1. The quantitative estimate of drug-likeness (QED) is 0.695. The van der Waals surface area contributed by atoms with Gasteiger partial charge in [-0.3, -0.25) is 4.79 Å². The second-order valence-electron chi connectivity index (χ2n) is 8.97. The summed E-state index contributed by atoms with van der Waals surface area (Å²) in [6.07, 6.45) is 4.92. The fourth-order valence-electron chi connectivity index (χ4n) is 4.70. The van der Waals surface area contributed by atoms with Crippen LogP contribution in [0.1, 0.15) is 58.4 Å². The Morgan fingerprint density at radius 1 is 1.21 bits per heavy atom. The van der Waals surface area contributed by atoms with Gasteiger partial charge in [0.05, 0.1) is 0 Å². The number of carbonyl (C=O) groups excluding carboxylic acids is 1. The van der Waals surface area contributed by atoms with Crippen LogP contribution in [0.3, 0.4) is 0 Å². The summed E-state index contributed by atoms with van der Waals surface area (Å²) >= 11 is 0. The molecule has 0 unspecified atom stereocenters. The smallest absolute Gasteiger partial charge is 0.222 e. The van der Waals surface area contributed by atoms with E-state index in [1.54, 1.807) is 0 Å². The first-order chi connectivity index (χ1) is 13.9. The summed E-state index contributed by atoms with van der Waals surface area (Å²) in [6.45, 7) is 10.9. The van der Waals surface area contributed by atoms with Crippen molar-refractivity contribution in [1.29, 1.82) is 0 Å². The largest absolute Gasteiger partial charge is 0.490 e. The summed E-state index contributed by atoms with van der Waals surface area (Å²) in [7, 11) is 1.92. The molecule has 29 heavy (non-hydrogen) atoms. The zero-order valence-electron chi connectivity index (χ0n) is 18.7. The van der Waals surface area contributed by atoms with Crippen LogP contribution in [-0.2, 0) is 14.9 Å². The van der Waals surface area contributed by atoms with Gasteiger partial charge in [-0.25, -0.2) is 0 Å². The van der Waals surface area contributed by atoms with Crippen LogP contribution in [0.15, 0.2) is 24.3 Å². The second-order valence-corrected chi connectivity index (χ2v) is 8.97. The molecule has 3 rings (SSSR count). The molecule has 0 spiro atoms. The molecule has 2 fully saturated rings. The molecule has 2 aliphatic heterocycles. The van der Waals surface area contributed by atoms with E-state index in [9.17, 15) is 4.79 Å². The van der Waals surface area contributed by atoms with Crippen molar-refractivity contribution in [2.24, 2.45) is 0 Å². The number of piperidine rings is 1. The molecule has 0 bridgehead atoms. The minimum Gasteiger partial charge on any atom is -0.490 e. The number of hydrogen-bond acceptors (Lipinski definition) is 4. The lowest BCUT2D eigenvalue weighted by atomic mass is 9.73. The van der Waals surface area contributed by atoms with E-state index in [-0.39, 0.29) is 11.3 Å². The number of nitrogens with zero attached hydrogens (tertiary/aromatic N) is 2. The number of likely N-dealkylation sites (tertiary alicyclic amines) is 1. The number of amides is 1. The lowest BCUT2D eigenvalue weighted by Crippen LogP contribution is -2.45. The molecule has 1 aromatic carbocycles. The first-order valence-corrected chi connectivity index (χ1v) is 11.3. The molecule has 5 heteroatoms. The zero-order chi connectivity index (χ0) is 20.9. The van der Waals surface area contributed by atoms with Gasteiger partial charge >= 0.3 is 0 Å². The van der Waals surface area contributed by atoms with Gasteiger partial charge in [-0.05, 0) is 57.2 Å². The summed E-state index contributed by atoms with van der Waals surface area (Å²) in [5.74, 6) is 1.15. The Hall–Kier alpha value is -1.59. The molecule has 0 saturated carbocycles. The molecule has 1 aromatic rings. The molecule has 0 atom stereocenters. The van der Waals surface area contributed by atoms with E-state index in [0.717, 1.165) is 64.3 Å². The van der Waals surface area contributed by atoms with Crippen LogP contribution in [0.2, 0.25) is 0 Å². The molecule has 2 saturated heterocycles. The standard InChI is InChI=1S/C24H38N2O3/c1-5-23(27)25(4)18-24(12-16-28-17-13-24)20-6-8-21(9-7-20)29-22-10-14-26(15-11-22)19(2)3/h6-9,19,22H,5,10-18H2,1-4H3. The number of benzene rings is 1. The van der Waals surface area contributed by atoms with Crippen molar-refractivity contribution in [3.8, 4) is 5.75 Å². The van der Waals surface area contributed by atoms with Crippen LogP contribution in [-0.4, -0.2) is 67.7 Å². The molecule has 0 radical (unpaired) electrons. The molecule has 2 heterocycles. The highest BCUT2D eigenvalue weighted by molar-refractivity contribution is 5.75. The average molecular weight is 403 g/mol. The van der Waals surface area contributed by atoms with E-state index in [0.29, 0.717) is 18.6 Å². The van der Waals surface area contributed by atoms with Gasteiger partial charge < -0.3 is 19.3 Å². The van der Waals surface area contributed by atoms with Crippen molar-refractivity contribution in [3.63, 3.8) is 0 Å². The topological polar surface area (TPSA) is 42.0 Å². The van der Waals surface area contributed by atoms with E-state index in [1.807, 2.05) is 18.9 Å². The van der Waals surface area contributed by atoms with Gasteiger partial charge in [-0.1, -0.05) is 19.1 Å². The average Bonchev–Trinajstić information content (AvgIpc) is 2.74. The van der Waals surface area contributed by atoms with E-state index in [4.69, 9.17) is 9.47 Å². The van der Waals surface area contributed by atoms with Crippen LogP contribution in [0.4, 0.5) is 0 Å². The fourth-order valence-corrected chi connectivity index (χ4v) is 4.70. The third kappa shape index (κ3) is 5.52. The van der Waals surface area contributed by atoms with Crippen molar-refractivity contribution in [2.45, 2.75) is 70.4 Å². The Morgan fingerprint density at radius 2 is 1.83 bits per heavy atom. The summed E-state index contributed by atoms with van der Waals surface area (Å²) < 4.78 is 11.9. The molecule has 2 aliphatic rings. The van der Waals surface area contributed by atoms with Gasteiger partial charge in [0, 0.05) is 57.8 Å². The maximum absolute atomic E-state index is 12.2. The van der Waals surface area contributed by atoms with Gasteiger partial charge in [0.1, 0.15) is 11.9 Å². The number of likely N-dealkylation sites (N-methyl/N-ethyl adjacent to an activating group) is 1. The Kier molecular flexibility index (Phi) is 7.58. The maximum Gasteiger partial charge on any atom is 0.222 e. The molecule has 1 amide bonds. The highest BCUT2D eigenvalue weighted by atomic mass is 16.5. The van der Waals surface area contributed by atoms with Crippen LogP contribution < -0.4 is 4.74 Å². The van der Waals surface area contributed by atoms with Gasteiger partial charge in [0.25, 0.3) is 0 Å². The predicted octanol–water partition coefficient (Wildman–Crippen LogP) is 3.85. The normalized spacial score (nSPS) is 20.6. The minimum atomic E-state index is -0.0288. The summed E-state index contributed by atoms with van der Waals surface area (Å²) in [5, 5.41) is 0. The predicted molar refractivity (Wildman–Crippen MR) is 116 cm³/mol. The molecular weight excluding hydrogens is 364 g/mol. The van der Waals surface area contributed by atoms with Crippen LogP contribution in [0.5, 0.6) is 5.75 Å². The SMILES string of the molecule is CCC(=O)N(C)CC1(c2ccc(OC3CCN(C(C)C)CC3)cc2)CCOCC1. The van der Waals surface area contributed by atoms with E-state index < -0.39 is 0 Å². The second kappa shape index (κ2) is 9.94. The highest BCUT2D eigenvalue weighted by Gasteiger charge is 2.36.